The first-order valence-electron chi connectivity index (χ1n) is 28.5. The summed E-state index contributed by atoms with van der Waals surface area (Å²) in [6.07, 6.45) is 27.4. The first-order chi connectivity index (χ1) is 30.8. The lowest BCUT2D eigenvalue weighted by molar-refractivity contribution is -0.161. The van der Waals surface area contributed by atoms with Crippen molar-refractivity contribution in [3.63, 3.8) is 0 Å². The van der Waals surface area contributed by atoms with Crippen LogP contribution in [0.3, 0.4) is 0 Å². The van der Waals surface area contributed by atoms with Crippen LogP contribution in [0.15, 0.2) is 24.3 Å². The van der Waals surface area contributed by atoms with Crippen LogP contribution < -0.4 is 0 Å². The second-order valence-corrected chi connectivity index (χ2v) is 29.4. The highest BCUT2D eigenvalue weighted by Gasteiger charge is 2.84. The summed E-state index contributed by atoms with van der Waals surface area (Å²) in [6.45, 7) is 39.0. The van der Waals surface area contributed by atoms with Crippen molar-refractivity contribution in [3.8, 4) is 0 Å². The van der Waals surface area contributed by atoms with E-state index in [2.05, 4.69) is 89.3 Å². The van der Waals surface area contributed by atoms with Crippen LogP contribution >= 0.6 is 0 Å². The van der Waals surface area contributed by atoms with E-state index in [0.29, 0.717) is 85.3 Å². The van der Waals surface area contributed by atoms with Crippen molar-refractivity contribution < 1.29 is 19.4 Å². The number of hydrogen-bond acceptors (Lipinski definition) is 4. The lowest BCUT2D eigenvalue weighted by Crippen LogP contribution is -2.57. The van der Waals surface area contributed by atoms with Crippen LogP contribution in [-0.4, -0.2) is 29.6 Å². The van der Waals surface area contributed by atoms with E-state index < -0.39 is 0 Å². The van der Waals surface area contributed by atoms with Gasteiger partial charge >= 0.3 is 5.97 Å². The van der Waals surface area contributed by atoms with Crippen molar-refractivity contribution in [2.45, 2.75) is 230 Å². The van der Waals surface area contributed by atoms with Gasteiger partial charge in [0.25, 0.3) is 0 Å². The number of carbonyl (C=O) groups is 2. The zero-order valence-electron chi connectivity index (χ0n) is 44.7. The number of ketones is 1. The van der Waals surface area contributed by atoms with E-state index in [1.54, 1.807) is 0 Å². The molecule has 0 heterocycles. The summed E-state index contributed by atoms with van der Waals surface area (Å²) in [5.74, 6) is 5.96. The smallest absolute Gasteiger partial charge is 0.312 e. The number of fused-ring (bicyclic) bond motifs is 4. The minimum atomic E-state index is -0.284. The number of hydrogen-bond donors (Lipinski definition) is 1. The maximum atomic E-state index is 13.6. The molecular weight excluding hydrogens is 809 g/mol. The van der Waals surface area contributed by atoms with Gasteiger partial charge in [0.05, 0.1) is 18.6 Å². The molecule has 0 aromatic carbocycles. The molecule has 0 aliphatic heterocycles. The molecule has 4 heteroatoms. The summed E-state index contributed by atoms with van der Waals surface area (Å²) in [6, 6.07) is 0. The monoisotopic (exact) mass is 907 g/mol. The average molecular weight is 907 g/mol. The summed E-state index contributed by atoms with van der Waals surface area (Å²) < 4.78 is 6.07. The van der Waals surface area contributed by atoms with E-state index in [-0.39, 0.29) is 34.7 Å². The number of Topliss-reactive ketones (excluding diaryl/α,β-unsaturated/α-hetero) is 1. The van der Waals surface area contributed by atoms with E-state index in [9.17, 15) is 14.7 Å². The number of ether oxygens (including phenoxy) is 1. The van der Waals surface area contributed by atoms with Gasteiger partial charge in [-0.3, -0.25) is 9.59 Å². The van der Waals surface area contributed by atoms with Gasteiger partial charge in [0.2, 0.25) is 0 Å². The number of aliphatic hydroxyl groups excluding tert-OH is 1. The molecule has 0 unspecified atom stereocenters. The molecule has 0 aromatic rings. The number of aliphatic hydroxyl groups is 1. The van der Waals surface area contributed by atoms with E-state index >= 15 is 0 Å². The fourth-order valence-corrected chi connectivity index (χ4v) is 22.7. The fraction of sp³-hybridized carbons (Fsp3) is 0.903. The molecule has 4 nitrogen and oxygen atoms in total. The van der Waals surface area contributed by atoms with Crippen molar-refractivity contribution in [2.75, 3.05) is 6.61 Å². The molecular formula is C62H98O4. The van der Waals surface area contributed by atoms with Gasteiger partial charge in [0.1, 0.15) is 5.78 Å². The molecule has 0 saturated heterocycles. The van der Waals surface area contributed by atoms with Gasteiger partial charge in [-0.2, -0.15) is 0 Å². The fourth-order valence-electron chi connectivity index (χ4n) is 22.7. The average Bonchev–Trinajstić information content (AvgIpc) is 4.08. The van der Waals surface area contributed by atoms with Crippen LogP contribution in [0.25, 0.3) is 0 Å². The van der Waals surface area contributed by atoms with Crippen molar-refractivity contribution in [1.82, 2.24) is 0 Å². The summed E-state index contributed by atoms with van der Waals surface area (Å²) in [5.41, 5.74) is 5.69. The SMILES string of the molecule is C=C(CC[C@@H](C)[C@H]1CC[C@@]2(C)[C@@H]3CC[C@@H]4C(C)(C)C(=O)CC[C@@]45C[C@@]35CC[C@]12C)[C@H](C)C(=O)OC[C@@H](C)C(=C)CC[C@H](C)[C@H]1CC[C@@]2(C)[C@H]3CC[C@@H]4C(C)(C)[C@@H](O)CC[C@@]45C[C@@]35CC[C@]12C. The third-order valence-electron chi connectivity index (χ3n) is 27.4. The lowest BCUT2D eigenvalue weighted by atomic mass is 9.41. The van der Waals surface area contributed by atoms with Crippen LogP contribution in [0.4, 0.5) is 0 Å². The Kier molecular flexibility index (Phi) is 11.2. The predicted octanol–water partition coefficient (Wildman–Crippen LogP) is 15.6. The van der Waals surface area contributed by atoms with E-state index in [0.717, 1.165) is 61.9 Å². The second-order valence-electron chi connectivity index (χ2n) is 29.4. The van der Waals surface area contributed by atoms with E-state index in [4.69, 9.17) is 4.74 Å². The summed E-state index contributed by atoms with van der Waals surface area (Å²) >= 11 is 0. The van der Waals surface area contributed by atoms with E-state index in [1.807, 2.05) is 6.92 Å². The van der Waals surface area contributed by atoms with Gasteiger partial charge in [-0.15, -0.1) is 0 Å². The second kappa shape index (κ2) is 15.3. The zero-order chi connectivity index (χ0) is 47.6. The Morgan fingerprint density at radius 3 is 1.61 bits per heavy atom. The molecule has 10 rings (SSSR count). The maximum Gasteiger partial charge on any atom is 0.312 e. The topological polar surface area (TPSA) is 63.6 Å². The zero-order valence-corrected chi connectivity index (χ0v) is 44.7. The molecule has 1 N–H and O–H groups in total. The lowest BCUT2D eigenvalue weighted by Gasteiger charge is -2.63. The molecule has 10 aliphatic carbocycles. The Hall–Kier alpha value is -1.42. The molecule has 0 aromatic heterocycles. The van der Waals surface area contributed by atoms with Crippen LogP contribution in [0.1, 0.15) is 224 Å². The number of esters is 1. The summed E-state index contributed by atoms with van der Waals surface area (Å²) in [5, 5.41) is 11.1. The maximum absolute atomic E-state index is 13.6. The molecule has 4 spiro atoms. The largest absolute Gasteiger partial charge is 0.465 e. The Balaban J connectivity index is 0.681. The predicted molar refractivity (Wildman–Crippen MR) is 269 cm³/mol. The highest BCUT2D eigenvalue weighted by molar-refractivity contribution is 5.86. The summed E-state index contributed by atoms with van der Waals surface area (Å²) in [4.78, 5) is 26.7. The van der Waals surface area contributed by atoms with Crippen LogP contribution in [0, 0.1) is 113 Å². The van der Waals surface area contributed by atoms with E-state index in [1.165, 1.54) is 108 Å². The number of rotatable bonds is 13. The molecule has 19 atom stereocenters. The normalized spacial score (nSPS) is 50.6. The first-order valence-corrected chi connectivity index (χ1v) is 28.5. The van der Waals surface area contributed by atoms with Gasteiger partial charge in [-0.05, 0) is 238 Å². The highest BCUT2D eigenvalue weighted by Crippen LogP contribution is 2.90. The quantitative estimate of drug-likeness (QED) is 0.148. The van der Waals surface area contributed by atoms with Crippen molar-refractivity contribution in [3.05, 3.63) is 24.3 Å². The van der Waals surface area contributed by atoms with Crippen molar-refractivity contribution >= 4 is 11.8 Å². The third-order valence-corrected chi connectivity index (χ3v) is 27.4. The van der Waals surface area contributed by atoms with Crippen molar-refractivity contribution in [1.29, 1.82) is 0 Å². The molecule has 0 radical (unpaired) electrons. The molecule has 0 bridgehead atoms. The Morgan fingerprint density at radius 1 is 0.591 bits per heavy atom. The van der Waals surface area contributed by atoms with Gasteiger partial charge in [-0.25, -0.2) is 0 Å². The minimum absolute atomic E-state index is 0.0558. The standard InChI is InChI=1S/C62H98O4/c1-38(15-17-40(3)44-23-27-57(13)48-21-19-46-53(7,8)50(63)25-29-59(46)36-61(48,59)33-31-55(44,57)11)42(5)35-66-52(65)43(6)39(2)16-18-41(4)45-24-28-58(14)49-22-20-47-54(9,10)51(64)26-30-60(47)37-62(49,60)34-32-56(45,58)12/h40-50,63H,1-2,15-37H2,3-14H3/t40-,41+,42+,43-,44+,45+,46+,47+,48+,49-,50-,55+,56+,57-,58-,59+,60+,61-,62-/m0/s1. The molecule has 0 amide bonds. The van der Waals surface area contributed by atoms with Crippen LogP contribution in [0.2, 0.25) is 0 Å². The Morgan fingerprint density at radius 2 is 1.06 bits per heavy atom. The van der Waals surface area contributed by atoms with Gasteiger partial charge < -0.3 is 9.84 Å². The number of carbonyl (C=O) groups excluding carboxylic acids is 2. The van der Waals surface area contributed by atoms with Gasteiger partial charge in [0, 0.05) is 17.8 Å². The molecule has 10 aliphatic rings. The van der Waals surface area contributed by atoms with Crippen molar-refractivity contribution in [2.24, 2.45) is 113 Å². The third kappa shape index (κ3) is 6.08. The van der Waals surface area contributed by atoms with Crippen LogP contribution in [0.5, 0.6) is 0 Å². The highest BCUT2D eigenvalue weighted by atomic mass is 16.5. The Labute approximate surface area is 404 Å². The molecule has 10 fully saturated rings. The van der Waals surface area contributed by atoms with Gasteiger partial charge in [-0.1, -0.05) is 100 Å². The summed E-state index contributed by atoms with van der Waals surface area (Å²) in [7, 11) is 0. The van der Waals surface area contributed by atoms with Crippen LogP contribution in [-0.2, 0) is 14.3 Å². The molecule has 370 valence electrons. The molecule has 10 saturated carbocycles. The molecule has 66 heavy (non-hydrogen) atoms. The minimum Gasteiger partial charge on any atom is -0.465 e. The van der Waals surface area contributed by atoms with Gasteiger partial charge in [0.15, 0.2) is 0 Å². The Bertz CT molecular complexity index is 2010. The first kappa shape index (κ1) is 48.2.